The molecular weight excluding hydrogens is 282 g/mol. The van der Waals surface area contributed by atoms with Crippen LogP contribution in [0.15, 0.2) is 71.7 Å². The third-order valence-electron chi connectivity index (χ3n) is 3.76. The van der Waals surface area contributed by atoms with E-state index in [4.69, 9.17) is 0 Å². The normalized spacial score (nSPS) is 11.0. The van der Waals surface area contributed by atoms with E-state index in [1.807, 2.05) is 61.5 Å². The maximum atomic E-state index is 10.6. The van der Waals surface area contributed by atoms with Gasteiger partial charge in [-0.3, -0.25) is 4.99 Å². The number of benzene rings is 3. The Morgan fingerprint density at radius 1 is 0.826 bits per heavy atom. The number of aliphatic imine (C=N–C) groups is 1. The molecule has 23 heavy (non-hydrogen) atoms. The van der Waals surface area contributed by atoms with Gasteiger partial charge in [0.1, 0.15) is 5.75 Å². The SMILES string of the molecule is Cc1ccc(-c2cc(C)cc(C=Nc3ccccc3)c2O)cc1. The standard InChI is InChI=1S/C21H19NO/c1-15-8-10-17(11-9-15)20-13-16(2)12-18(21(20)23)14-22-19-6-4-3-5-7-19/h3-14,23H,1-2H3. The number of phenolic OH excluding ortho intramolecular Hbond substituents is 1. The first-order chi connectivity index (χ1) is 11.1. The first-order valence-electron chi connectivity index (χ1n) is 7.63. The van der Waals surface area contributed by atoms with Crippen LogP contribution in [0.3, 0.4) is 0 Å². The number of hydrogen-bond acceptors (Lipinski definition) is 2. The number of nitrogens with zero attached hydrogens (tertiary/aromatic N) is 1. The highest BCUT2D eigenvalue weighted by Gasteiger charge is 2.09. The van der Waals surface area contributed by atoms with Crippen molar-refractivity contribution in [2.24, 2.45) is 4.99 Å². The van der Waals surface area contributed by atoms with Gasteiger partial charge in [-0.15, -0.1) is 0 Å². The monoisotopic (exact) mass is 301 g/mol. The molecule has 1 N–H and O–H groups in total. The van der Waals surface area contributed by atoms with Crippen molar-refractivity contribution in [3.63, 3.8) is 0 Å². The van der Waals surface area contributed by atoms with Crippen molar-refractivity contribution in [3.05, 3.63) is 83.4 Å². The summed E-state index contributed by atoms with van der Waals surface area (Å²) in [4.78, 5) is 4.44. The summed E-state index contributed by atoms with van der Waals surface area (Å²) in [5.41, 5.74) is 5.72. The van der Waals surface area contributed by atoms with Gasteiger partial charge in [-0.05, 0) is 49.2 Å². The lowest BCUT2D eigenvalue weighted by atomic mass is 9.98. The molecule has 0 spiro atoms. The van der Waals surface area contributed by atoms with E-state index in [9.17, 15) is 5.11 Å². The third-order valence-corrected chi connectivity index (χ3v) is 3.76. The van der Waals surface area contributed by atoms with Crippen LogP contribution in [0.1, 0.15) is 16.7 Å². The van der Waals surface area contributed by atoms with Crippen LogP contribution in [-0.4, -0.2) is 11.3 Å². The lowest BCUT2D eigenvalue weighted by molar-refractivity contribution is 0.476. The maximum absolute atomic E-state index is 10.6. The molecule has 0 radical (unpaired) electrons. The van der Waals surface area contributed by atoms with Crippen molar-refractivity contribution in [2.75, 3.05) is 0 Å². The molecule has 0 atom stereocenters. The van der Waals surface area contributed by atoms with Gasteiger partial charge in [0.2, 0.25) is 0 Å². The van der Waals surface area contributed by atoms with E-state index in [-0.39, 0.29) is 5.75 Å². The van der Waals surface area contributed by atoms with E-state index in [1.54, 1.807) is 6.21 Å². The second-order valence-electron chi connectivity index (χ2n) is 5.71. The Balaban J connectivity index is 2.02. The number of rotatable bonds is 3. The van der Waals surface area contributed by atoms with Crippen LogP contribution >= 0.6 is 0 Å². The van der Waals surface area contributed by atoms with Crippen molar-refractivity contribution in [3.8, 4) is 16.9 Å². The molecule has 3 aromatic carbocycles. The fourth-order valence-corrected chi connectivity index (χ4v) is 2.52. The van der Waals surface area contributed by atoms with Gasteiger partial charge in [0.15, 0.2) is 0 Å². The lowest BCUT2D eigenvalue weighted by Gasteiger charge is -2.10. The number of aryl methyl sites for hydroxylation is 2. The lowest BCUT2D eigenvalue weighted by Crippen LogP contribution is -1.89. The molecule has 3 aromatic rings. The molecule has 0 heterocycles. The smallest absolute Gasteiger partial charge is 0.132 e. The van der Waals surface area contributed by atoms with Crippen molar-refractivity contribution in [1.29, 1.82) is 0 Å². The highest BCUT2D eigenvalue weighted by atomic mass is 16.3. The number of para-hydroxylation sites is 1. The van der Waals surface area contributed by atoms with Crippen LogP contribution in [0.25, 0.3) is 11.1 Å². The highest BCUT2D eigenvalue weighted by molar-refractivity contribution is 5.90. The fourth-order valence-electron chi connectivity index (χ4n) is 2.52. The summed E-state index contributed by atoms with van der Waals surface area (Å²) in [7, 11) is 0. The molecule has 0 saturated heterocycles. The summed E-state index contributed by atoms with van der Waals surface area (Å²) >= 11 is 0. The Bertz CT molecular complexity index is 834. The third kappa shape index (κ3) is 3.49. The first-order valence-corrected chi connectivity index (χ1v) is 7.63. The number of hydrogen-bond donors (Lipinski definition) is 1. The van der Waals surface area contributed by atoms with Gasteiger partial charge in [0.25, 0.3) is 0 Å². The van der Waals surface area contributed by atoms with Gasteiger partial charge in [-0.1, -0.05) is 48.0 Å². The minimum absolute atomic E-state index is 0.263. The summed E-state index contributed by atoms with van der Waals surface area (Å²) in [6.45, 7) is 4.08. The molecule has 0 saturated carbocycles. The van der Waals surface area contributed by atoms with Crippen molar-refractivity contribution in [1.82, 2.24) is 0 Å². The second-order valence-corrected chi connectivity index (χ2v) is 5.71. The first kappa shape index (κ1) is 15.0. The van der Waals surface area contributed by atoms with E-state index in [0.717, 1.165) is 27.9 Å². The zero-order chi connectivity index (χ0) is 16.2. The summed E-state index contributed by atoms with van der Waals surface area (Å²) in [6, 6.07) is 21.8. The van der Waals surface area contributed by atoms with E-state index in [0.29, 0.717) is 0 Å². The molecule has 0 bridgehead atoms. The summed E-state index contributed by atoms with van der Waals surface area (Å²) in [5, 5.41) is 10.6. The Hall–Kier alpha value is -2.87. The van der Waals surface area contributed by atoms with Gasteiger partial charge in [0, 0.05) is 17.3 Å². The molecule has 0 aliphatic rings. The van der Waals surface area contributed by atoms with Crippen LogP contribution in [0.2, 0.25) is 0 Å². The molecule has 3 rings (SSSR count). The maximum Gasteiger partial charge on any atom is 0.132 e. The van der Waals surface area contributed by atoms with E-state index < -0.39 is 0 Å². The van der Waals surface area contributed by atoms with Gasteiger partial charge in [-0.2, -0.15) is 0 Å². The van der Waals surface area contributed by atoms with Crippen molar-refractivity contribution in [2.45, 2.75) is 13.8 Å². The predicted molar refractivity (Wildman–Crippen MR) is 96.7 cm³/mol. The molecule has 2 heteroatoms. The summed E-state index contributed by atoms with van der Waals surface area (Å²) in [5.74, 6) is 0.263. The molecule has 114 valence electrons. The highest BCUT2D eigenvalue weighted by Crippen LogP contribution is 2.33. The minimum Gasteiger partial charge on any atom is -0.507 e. The Labute approximate surface area is 136 Å². The minimum atomic E-state index is 0.263. The number of phenols is 1. The summed E-state index contributed by atoms with van der Waals surface area (Å²) < 4.78 is 0. The zero-order valence-electron chi connectivity index (χ0n) is 13.3. The van der Waals surface area contributed by atoms with Crippen LogP contribution in [0, 0.1) is 13.8 Å². The van der Waals surface area contributed by atoms with E-state index >= 15 is 0 Å². The molecule has 0 aliphatic heterocycles. The summed E-state index contributed by atoms with van der Waals surface area (Å²) in [6.07, 6.45) is 1.72. The molecule has 0 amide bonds. The van der Waals surface area contributed by atoms with Crippen molar-refractivity contribution < 1.29 is 5.11 Å². The fraction of sp³-hybridized carbons (Fsp3) is 0.0952. The molecule has 0 aliphatic carbocycles. The molecule has 0 unspecified atom stereocenters. The van der Waals surface area contributed by atoms with E-state index in [1.165, 1.54) is 5.56 Å². The van der Waals surface area contributed by atoms with E-state index in [2.05, 4.69) is 24.0 Å². The number of aromatic hydroxyl groups is 1. The molecule has 2 nitrogen and oxygen atoms in total. The van der Waals surface area contributed by atoms with Crippen LogP contribution in [0.4, 0.5) is 5.69 Å². The average molecular weight is 301 g/mol. The second kappa shape index (κ2) is 6.49. The molecular formula is C21H19NO. The van der Waals surface area contributed by atoms with Crippen LogP contribution in [0.5, 0.6) is 5.75 Å². The van der Waals surface area contributed by atoms with Gasteiger partial charge in [-0.25, -0.2) is 0 Å². The molecule has 0 fully saturated rings. The Morgan fingerprint density at radius 3 is 2.22 bits per heavy atom. The van der Waals surface area contributed by atoms with Gasteiger partial charge in [0.05, 0.1) is 5.69 Å². The molecule has 0 aromatic heterocycles. The topological polar surface area (TPSA) is 32.6 Å². The predicted octanol–water partition coefficient (Wildman–Crippen LogP) is 5.43. The Morgan fingerprint density at radius 2 is 1.52 bits per heavy atom. The van der Waals surface area contributed by atoms with Crippen molar-refractivity contribution >= 4 is 11.9 Å². The average Bonchev–Trinajstić information content (AvgIpc) is 2.57. The largest absolute Gasteiger partial charge is 0.507 e. The zero-order valence-corrected chi connectivity index (χ0v) is 13.3. The van der Waals surface area contributed by atoms with Gasteiger partial charge >= 0.3 is 0 Å². The quantitative estimate of drug-likeness (QED) is 0.643. The van der Waals surface area contributed by atoms with Crippen LogP contribution < -0.4 is 0 Å². The van der Waals surface area contributed by atoms with Gasteiger partial charge < -0.3 is 5.11 Å². The Kier molecular flexibility index (Phi) is 4.24. The van der Waals surface area contributed by atoms with Crippen LogP contribution in [-0.2, 0) is 0 Å².